The van der Waals surface area contributed by atoms with Crippen molar-refractivity contribution in [3.63, 3.8) is 0 Å². The minimum atomic E-state index is -1.63. The molecular weight excluding hydrogens is 350 g/mol. The van der Waals surface area contributed by atoms with Crippen LogP contribution in [0.15, 0.2) is 35.1 Å². The monoisotopic (exact) mass is 377 g/mol. The highest BCUT2D eigenvalue weighted by molar-refractivity contribution is 5.45. The third-order valence-corrected chi connectivity index (χ3v) is 5.34. The quantitative estimate of drug-likeness (QED) is 0.581. The van der Waals surface area contributed by atoms with Crippen LogP contribution in [0.4, 0.5) is 0 Å². The Kier molecular flexibility index (Phi) is 6.35. The van der Waals surface area contributed by atoms with Crippen molar-refractivity contribution in [2.75, 3.05) is 0 Å². The van der Waals surface area contributed by atoms with Crippen molar-refractivity contribution < 1.29 is 29.9 Å². The molecule has 0 aromatic heterocycles. The Hall–Kier alpha value is -1.69. The Morgan fingerprint density at radius 3 is 2.74 bits per heavy atom. The van der Waals surface area contributed by atoms with Gasteiger partial charge >= 0.3 is 0 Å². The molecule has 0 saturated carbocycles. The number of hydrogen-bond acceptors (Lipinski definition) is 7. The van der Waals surface area contributed by atoms with Gasteiger partial charge in [-0.15, -0.1) is 0 Å². The molecule has 7 atom stereocenters. The van der Waals surface area contributed by atoms with Crippen LogP contribution in [0, 0.1) is 23.2 Å². The van der Waals surface area contributed by atoms with Crippen LogP contribution in [0.5, 0.6) is 0 Å². The largest absolute Gasteiger partial charge is 0.466 e. The number of allylic oxidation sites excluding steroid dienone is 6. The van der Waals surface area contributed by atoms with Gasteiger partial charge in [-0.05, 0) is 36.7 Å². The van der Waals surface area contributed by atoms with Crippen LogP contribution in [0.2, 0.25) is 0 Å². The van der Waals surface area contributed by atoms with Gasteiger partial charge in [-0.25, -0.2) is 0 Å². The molecule has 1 heterocycles. The molecule has 0 aromatic carbocycles. The molecule has 27 heavy (non-hydrogen) atoms. The summed E-state index contributed by atoms with van der Waals surface area (Å²) in [5, 5.41) is 48.4. The second kappa shape index (κ2) is 8.55. The zero-order chi connectivity index (χ0) is 19.6. The molecule has 1 fully saturated rings. The van der Waals surface area contributed by atoms with Crippen molar-refractivity contribution in [3.05, 3.63) is 35.1 Å². The summed E-state index contributed by atoms with van der Waals surface area (Å²) in [6, 6.07) is 2.24. The van der Waals surface area contributed by atoms with E-state index in [0.717, 1.165) is 30.4 Å². The molecule has 1 aliphatic heterocycles. The van der Waals surface area contributed by atoms with Gasteiger partial charge < -0.3 is 29.9 Å². The molecule has 7 unspecified atom stereocenters. The Labute approximate surface area is 158 Å². The van der Waals surface area contributed by atoms with E-state index in [2.05, 4.69) is 19.1 Å². The van der Waals surface area contributed by atoms with Crippen molar-refractivity contribution in [2.45, 2.75) is 69.9 Å². The maximum Gasteiger partial charge on any atom is 0.230 e. The number of nitrogens with zero attached hydrogens (tertiary/aromatic N) is 1. The summed E-state index contributed by atoms with van der Waals surface area (Å²) < 4.78 is 11.0. The van der Waals surface area contributed by atoms with Crippen molar-refractivity contribution in [1.82, 2.24) is 0 Å². The molecular formula is C20H27NO6. The first-order chi connectivity index (χ1) is 12.9. The van der Waals surface area contributed by atoms with Crippen molar-refractivity contribution in [2.24, 2.45) is 11.8 Å². The van der Waals surface area contributed by atoms with Gasteiger partial charge in [0.25, 0.3) is 0 Å². The first kappa shape index (κ1) is 20.1. The van der Waals surface area contributed by atoms with Gasteiger partial charge in [0.05, 0.1) is 6.07 Å². The van der Waals surface area contributed by atoms with Crippen LogP contribution in [0.1, 0.15) is 39.0 Å². The molecule has 7 nitrogen and oxygen atoms in total. The standard InChI is InChI=1S/C20H27NO6/c1-11-8-12(6-7-21)10-13(9-11)14-4-2-3-5-15(14)26-20-18(24)16(22)17(23)19(25)27-20/h2,4,10-12,16-20,22-25H,3,5-6,8-9H2,1H3. The normalized spacial score (nSPS) is 39.7. The molecule has 0 radical (unpaired) electrons. The first-order valence-corrected chi connectivity index (χ1v) is 9.42. The first-order valence-electron chi connectivity index (χ1n) is 9.42. The van der Waals surface area contributed by atoms with Gasteiger partial charge in [0.15, 0.2) is 6.29 Å². The van der Waals surface area contributed by atoms with Gasteiger partial charge in [-0.3, -0.25) is 0 Å². The predicted molar refractivity (Wildman–Crippen MR) is 95.6 cm³/mol. The van der Waals surface area contributed by atoms with Gasteiger partial charge in [-0.1, -0.05) is 25.2 Å². The number of ether oxygens (including phenoxy) is 2. The maximum absolute atomic E-state index is 10.1. The third-order valence-electron chi connectivity index (χ3n) is 5.34. The number of aliphatic hydroxyl groups excluding tert-OH is 4. The lowest BCUT2D eigenvalue weighted by molar-refractivity contribution is -0.332. The Morgan fingerprint density at radius 2 is 2.00 bits per heavy atom. The van der Waals surface area contributed by atoms with E-state index in [-0.39, 0.29) is 5.92 Å². The molecule has 4 N–H and O–H groups in total. The molecule has 3 rings (SSSR count). The smallest absolute Gasteiger partial charge is 0.230 e. The van der Waals surface area contributed by atoms with E-state index in [1.165, 1.54) is 0 Å². The lowest BCUT2D eigenvalue weighted by Gasteiger charge is -2.39. The van der Waals surface area contributed by atoms with E-state index < -0.39 is 30.9 Å². The van der Waals surface area contributed by atoms with E-state index in [4.69, 9.17) is 14.7 Å². The van der Waals surface area contributed by atoms with Gasteiger partial charge in [-0.2, -0.15) is 5.26 Å². The zero-order valence-electron chi connectivity index (χ0n) is 15.4. The molecule has 0 spiro atoms. The highest BCUT2D eigenvalue weighted by atomic mass is 16.7. The summed E-state index contributed by atoms with van der Waals surface area (Å²) in [6.07, 6.45) is 2.30. The fourth-order valence-electron chi connectivity index (χ4n) is 3.97. The van der Waals surface area contributed by atoms with E-state index in [1.807, 2.05) is 12.2 Å². The number of rotatable bonds is 4. The molecule has 0 bridgehead atoms. The number of nitriles is 1. The lowest BCUT2D eigenvalue weighted by Crippen LogP contribution is -2.58. The predicted octanol–water partition coefficient (Wildman–Crippen LogP) is 1.25. The summed E-state index contributed by atoms with van der Waals surface area (Å²) in [5.74, 6) is 1.27. The van der Waals surface area contributed by atoms with E-state index in [1.54, 1.807) is 0 Å². The number of hydrogen-bond donors (Lipinski definition) is 4. The van der Waals surface area contributed by atoms with Crippen LogP contribution in [-0.2, 0) is 9.47 Å². The summed E-state index contributed by atoms with van der Waals surface area (Å²) >= 11 is 0. The van der Waals surface area contributed by atoms with Gasteiger partial charge in [0.2, 0.25) is 6.29 Å². The van der Waals surface area contributed by atoms with Gasteiger partial charge in [0.1, 0.15) is 24.1 Å². The van der Waals surface area contributed by atoms with Gasteiger partial charge in [0, 0.05) is 18.4 Å². The summed E-state index contributed by atoms with van der Waals surface area (Å²) in [6.45, 7) is 2.16. The highest BCUT2D eigenvalue weighted by Gasteiger charge is 2.44. The van der Waals surface area contributed by atoms with Crippen molar-refractivity contribution in [3.8, 4) is 6.07 Å². The zero-order valence-corrected chi connectivity index (χ0v) is 15.4. The number of aliphatic hydroxyl groups is 4. The summed E-state index contributed by atoms with van der Waals surface area (Å²) in [5.41, 5.74) is 2.01. The Balaban J connectivity index is 1.85. The van der Waals surface area contributed by atoms with Crippen LogP contribution in [-0.4, -0.2) is 51.3 Å². The minimum absolute atomic E-state index is 0.202. The molecule has 1 saturated heterocycles. The second-order valence-electron chi connectivity index (χ2n) is 7.62. The van der Waals surface area contributed by atoms with E-state index >= 15 is 0 Å². The molecule has 148 valence electrons. The molecule has 7 heteroatoms. The molecule has 0 amide bonds. The fourth-order valence-corrected chi connectivity index (χ4v) is 3.97. The average molecular weight is 377 g/mol. The fraction of sp³-hybridized carbons (Fsp3) is 0.650. The van der Waals surface area contributed by atoms with Crippen molar-refractivity contribution >= 4 is 0 Å². The third kappa shape index (κ3) is 4.42. The van der Waals surface area contributed by atoms with Crippen LogP contribution in [0.25, 0.3) is 0 Å². The van der Waals surface area contributed by atoms with Crippen LogP contribution in [0.3, 0.4) is 0 Å². The Morgan fingerprint density at radius 1 is 1.22 bits per heavy atom. The molecule has 2 aliphatic carbocycles. The topological polar surface area (TPSA) is 123 Å². The highest BCUT2D eigenvalue weighted by Crippen LogP contribution is 2.38. The lowest BCUT2D eigenvalue weighted by atomic mass is 9.78. The average Bonchev–Trinajstić information content (AvgIpc) is 2.64. The summed E-state index contributed by atoms with van der Waals surface area (Å²) in [4.78, 5) is 0. The SMILES string of the molecule is CC1CC(C2=C(OC3OC(O)C(O)C(O)C3O)CCC=C2)=CC(CC#N)C1. The Bertz CT molecular complexity index is 678. The van der Waals surface area contributed by atoms with E-state index in [9.17, 15) is 20.4 Å². The minimum Gasteiger partial charge on any atom is -0.466 e. The molecule has 0 aromatic rings. The van der Waals surface area contributed by atoms with Crippen LogP contribution < -0.4 is 0 Å². The second-order valence-corrected chi connectivity index (χ2v) is 7.62. The van der Waals surface area contributed by atoms with E-state index in [0.29, 0.717) is 24.5 Å². The molecule has 3 aliphatic rings. The van der Waals surface area contributed by atoms with Crippen molar-refractivity contribution in [1.29, 1.82) is 5.26 Å². The summed E-state index contributed by atoms with van der Waals surface area (Å²) in [7, 11) is 0. The maximum atomic E-state index is 10.1. The van der Waals surface area contributed by atoms with Crippen LogP contribution >= 0.6 is 0 Å².